The first kappa shape index (κ1) is 19.9. The van der Waals surface area contributed by atoms with Crippen LogP contribution in [0.3, 0.4) is 0 Å². The van der Waals surface area contributed by atoms with Crippen LogP contribution >= 0.6 is 0 Å². The third kappa shape index (κ3) is 3.60. The number of carbonyl (C=O) groups is 2. The van der Waals surface area contributed by atoms with E-state index in [1.54, 1.807) is 48.4 Å². The van der Waals surface area contributed by atoms with Gasteiger partial charge in [-0.15, -0.1) is 0 Å². The second-order valence-electron chi connectivity index (χ2n) is 7.40. The number of hydrogen-bond acceptors (Lipinski definition) is 4. The lowest BCUT2D eigenvalue weighted by Gasteiger charge is -2.23. The molecule has 3 aromatic rings. The Hall–Kier alpha value is -3.44. The summed E-state index contributed by atoms with van der Waals surface area (Å²) in [7, 11) is 1.55. The fraction of sp³-hybridized carbons (Fsp3) is 0.200. The molecule has 152 valence electrons. The normalized spacial score (nSPS) is 17.7. The molecular weight excluding hydrogens is 378 g/mol. The van der Waals surface area contributed by atoms with E-state index in [4.69, 9.17) is 4.74 Å². The molecule has 0 fully saturated rings. The number of Topliss-reactive ketones (excluding diaryl/α,β-unsaturated/α-hetero) is 1. The van der Waals surface area contributed by atoms with Crippen molar-refractivity contribution in [2.24, 2.45) is 0 Å². The lowest BCUT2D eigenvalue weighted by atomic mass is 9.88. The number of carbonyl (C=O) groups excluding carboxylic acids is 2. The van der Waals surface area contributed by atoms with Crippen molar-refractivity contribution in [2.45, 2.75) is 18.4 Å². The largest absolute Gasteiger partial charge is 0.497 e. The summed E-state index contributed by atoms with van der Waals surface area (Å²) < 4.78 is 5.12. The molecule has 1 N–H and O–H groups in total. The number of rotatable bonds is 7. The SMILES string of the molecule is COc1ccc(C(=O)CC2(O)C(=O)N(CCc3ccccc3)c3ccccc32)cc1. The van der Waals surface area contributed by atoms with Gasteiger partial charge in [-0.1, -0.05) is 48.5 Å². The highest BCUT2D eigenvalue weighted by atomic mass is 16.5. The van der Waals surface area contributed by atoms with Crippen LogP contribution in [0.2, 0.25) is 0 Å². The number of ether oxygens (including phenoxy) is 1. The van der Waals surface area contributed by atoms with E-state index in [0.29, 0.717) is 35.5 Å². The summed E-state index contributed by atoms with van der Waals surface area (Å²) in [6.45, 7) is 0.429. The van der Waals surface area contributed by atoms with E-state index in [1.165, 1.54) is 0 Å². The van der Waals surface area contributed by atoms with Crippen molar-refractivity contribution >= 4 is 17.4 Å². The second-order valence-corrected chi connectivity index (χ2v) is 7.40. The molecule has 0 bridgehead atoms. The van der Waals surface area contributed by atoms with Crippen molar-refractivity contribution in [3.05, 3.63) is 95.6 Å². The molecule has 0 saturated carbocycles. The number of para-hydroxylation sites is 1. The predicted molar refractivity (Wildman–Crippen MR) is 115 cm³/mol. The summed E-state index contributed by atoms with van der Waals surface area (Å²) in [6.07, 6.45) is 0.348. The minimum absolute atomic E-state index is 0.298. The molecule has 0 spiro atoms. The Morgan fingerprint density at radius 1 is 0.967 bits per heavy atom. The predicted octanol–water partition coefficient (Wildman–Crippen LogP) is 3.75. The third-order valence-corrected chi connectivity index (χ3v) is 5.53. The Balaban J connectivity index is 1.59. The van der Waals surface area contributed by atoms with Crippen molar-refractivity contribution < 1.29 is 19.4 Å². The van der Waals surface area contributed by atoms with Gasteiger partial charge in [-0.2, -0.15) is 0 Å². The van der Waals surface area contributed by atoms with Crippen LogP contribution < -0.4 is 9.64 Å². The Labute approximate surface area is 175 Å². The van der Waals surface area contributed by atoms with Crippen LogP contribution in [0.4, 0.5) is 5.69 Å². The Kier molecular flexibility index (Phi) is 5.38. The van der Waals surface area contributed by atoms with Gasteiger partial charge in [0.25, 0.3) is 5.91 Å². The number of anilines is 1. The van der Waals surface area contributed by atoms with Crippen LogP contribution in [0.1, 0.15) is 27.9 Å². The summed E-state index contributed by atoms with van der Waals surface area (Å²) in [5.74, 6) is -0.116. The van der Waals surface area contributed by atoms with Gasteiger partial charge >= 0.3 is 0 Å². The van der Waals surface area contributed by atoms with Crippen molar-refractivity contribution in [3.63, 3.8) is 0 Å². The summed E-state index contributed by atoms with van der Waals surface area (Å²) in [5, 5.41) is 11.4. The van der Waals surface area contributed by atoms with Crippen molar-refractivity contribution in [1.29, 1.82) is 0 Å². The van der Waals surface area contributed by atoms with E-state index in [-0.39, 0.29) is 12.2 Å². The first-order valence-corrected chi connectivity index (χ1v) is 9.88. The van der Waals surface area contributed by atoms with Gasteiger partial charge in [0.05, 0.1) is 19.2 Å². The lowest BCUT2D eigenvalue weighted by Crippen LogP contribution is -2.42. The van der Waals surface area contributed by atoms with Gasteiger partial charge in [0.1, 0.15) is 5.75 Å². The molecule has 4 rings (SSSR count). The van der Waals surface area contributed by atoms with Gasteiger partial charge in [-0.25, -0.2) is 0 Å². The Morgan fingerprint density at radius 3 is 2.33 bits per heavy atom. The number of benzene rings is 3. The molecule has 0 radical (unpaired) electrons. The average Bonchev–Trinajstić information content (AvgIpc) is 3.00. The van der Waals surface area contributed by atoms with Crippen LogP contribution in [0.5, 0.6) is 5.75 Å². The number of ketones is 1. The van der Waals surface area contributed by atoms with Crippen molar-refractivity contribution in [3.8, 4) is 5.75 Å². The molecule has 1 heterocycles. The highest BCUT2D eigenvalue weighted by Crippen LogP contribution is 2.42. The summed E-state index contributed by atoms with van der Waals surface area (Å²) in [4.78, 5) is 27.7. The van der Waals surface area contributed by atoms with Gasteiger partial charge in [-0.05, 0) is 42.3 Å². The van der Waals surface area contributed by atoms with Crippen LogP contribution in [0, 0.1) is 0 Å². The molecule has 1 aliphatic rings. The number of hydrogen-bond donors (Lipinski definition) is 1. The first-order chi connectivity index (χ1) is 14.5. The van der Waals surface area contributed by atoms with Crippen LogP contribution in [0.15, 0.2) is 78.9 Å². The summed E-state index contributed by atoms with van der Waals surface area (Å²) in [5.41, 5.74) is 0.794. The van der Waals surface area contributed by atoms with Gasteiger partial charge < -0.3 is 14.7 Å². The van der Waals surface area contributed by atoms with Gasteiger partial charge in [-0.3, -0.25) is 9.59 Å². The van der Waals surface area contributed by atoms with Crippen molar-refractivity contribution in [2.75, 3.05) is 18.6 Å². The molecule has 3 aromatic carbocycles. The van der Waals surface area contributed by atoms with Crippen LogP contribution in [-0.4, -0.2) is 30.5 Å². The zero-order chi connectivity index (χ0) is 21.1. The maximum Gasteiger partial charge on any atom is 0.264 e. The second kappa shape index (κ2) is 8.13. The minimum Gasteiger partial charge on any atom is -0.497 e. The maximum absolute atomic E-state index is 13.3. The van der Waals surface area contributed by atoms with E-state index in [2.05, 4.69) is 0 Å². The molecule has 5 heteroatoms. The zero-order valence-electron chi connectivity index (χ0n) is 16.7. The number of amides is 1. The third-order valence-electron chi connectivity index (χ3n) is 5.53. The molecule has 1 atom stereocenters. The van der Waals surface area contributed by atoms with E-state index in [0.717, 1.165) is 5.56 Å². The summed E-state index contributed by atoms with van der Waals surface area (Å²) >= 11 is 0. The molecule has 0 aliphatic carbocycles. The minimum atomic E-state index is -1.87. The molecule has 5 nitrogen and oxygen atoms in total. The molecular formula is C25H23NO4. The molecule has 0 saturated heterocycles. The van der Waals surface area contributed by atoms with Gasteiger partial charge in [0.15, 0.2) is 11.4 Å². The first-order valence-electron chi connectivity index (χ1n) is 9.88. The van der Waals surface area contributed by atoms with Gasteiger partial charge in [0, 0.05) is 17.7 Å². The monoisotopic (exact) mass is 401 g/mol. The standard InChI is InChI=1S/C25H23NO4/c1-30-20-13-11-19(12-14-20)23(27)17-25(29)21-9-5-6-10-22(21)26(24(25)28)16-15-18-7-3-2-4-8-18/h2-14,29H,15-17H2,1H3. The molecule has 30 heavy (non-hydrogen) atoms. The highest BCUT2D eigenvalue weighted by Gasteiger charge is 2.50. The van der Waals surface area contributed by atoms with Crippen LogP contribution in [0.25, 0.3) is 0 Å². The van der Waals surface area contributed by atoms with E-state index in [9.17, 15) is 14.7 Å². The number of aliphatic hydroxyl groups is 1. The lowest BCUT2D eigenvalue weighted by molar-refractivity contribution is -0.135. The number of nitrogens with zero attached hydrogens (tertiary/aromatic N) is 1. The van der Waals surface area contributed by atoms with E-state index >= 15 is 0 Å². The zero-order valence-corrected chi connectivity index (χ0v) is 16.7. The molecule has 1 amide bonds. The highest BCUT2D eigenvalue weighted by molar-refractivity contribution is 6.10. The van der Waals surface area contributed by atoms with Crippen LogP contribution in [-0.2, 0) is 16.8 Å². The number of fused-ring (bicyclic) bond motifs is 1. The average molecular weight is 401 g/mol. The Bertz CT molecular complexity index is 1060. The van der Waals surface area contributed by atoms with Gasteiger partial charge in [0.2, 0.25) is 0 Å². The smallest absolute Gasteiger partial charge is 0.264 e. The summed E-state index contributed by atoms with van der Waals surface area (Å²) in [6, 6.07) is 23.7. The van der Waals surface area contributed by atoms with E-state index < -0.39 is 11.5 Å². The topological polar surface area (TPSA) is 66.8 Å². The fourth-order valence-corrected chi connectivity index (χ4v) is 3.90. The fourth-order valence-electron chi connectivity index (χ4n) is 3.90. The number of methoxy groups -OCH3 is 1. The quantitative estimate of drug-likeness (QED) is 0.613. The maximum atomic E-state index is 13.3. The molecule has 1 unspecified atom stereocenters. The Morgan fingerprint density at radius 2 is 1.63 bits per heavy atom. The van der Waals surface area contributed by atoms with Crippen molar-refractivity contribution in [1.82, 2.24) is 0 Å². The molecule has 0 aromatic heterocycles. The molecule has 1 aliphatic heterocycles. The van der Waals surface area contributed by atoms with E-state index in [1.807, 2.05) is 42.5 Å².